The van der Waals surface area contributed by atoms with E-state index in [2.05, 4.69) is 26.6 Å². The molecule has 4 N–H and O–H groups in total. The van der Waals surface area contributed by atoms with Crippen molar-refractivity contribution in [2.45, 2.75) is 37.1 Å². The fraction of sp³-hybridized carbons (Fsp3) is 0.286. The first-order valence-electron chi connectivity index (χ1n) is 12.2. The van der Waals surface area contributed by atoms with E-state index in [4.69, 9.17) is 5.14 Å². The third-order valence-corrected chi connectivity index (χ3v) is 8.24. The zero-order chi connectivity index (χ0) is 26.4. The van der Waals surface area contributed by atoms with E-state index in [1.165, 1.54) is 6.07 Å². The second-order valence-corrected chi connectivity index (χ2v) is 11.7. The molecule has 0 radical (unpaired) electrons. The summed E-state index contributed by atoms with van der Waals surface area (Å²) in [7, 11) is -3.85. The zero-order valence-corrected chi connectivity index (χ0v) is 22.7. The van der Waals surface area contributed by atoms with Gasteiger partial charge in [-0.2, -0.15) is 0 Å². The molecule has 194 valence electrons. The molecule has 2 unspecified atom stereocenters. The maximum absolute atomic E-state index is 12.9. The number of hydrogen-bond donors (Lipinski definition) is 3. The van der Waals surface area contributed by atoms with E-state index in [1.54, 1.807) is 18.2 Å². The van der Waals surface area contributed by atoms with Crippen molar-refractivity contribution >= 4 is 37.8 Å². The van der Waals surface area contributed by atoms with Gasteiger partial charge in [0.05, 0.1) is 4.90 Å². The third-order valence-electron chi connectivity index (χ3n) is 6.74. The Morgan fingerprint density at radius 1 is 0.838 bits per heavy atom. The van der Waals surface area contributed by atoms with Gasteiger partial charge in [-0.05, 0) is 54.2 Å². The molecule has 0 heterocycles. The summed E-state index contributed by atoms with van der Waals surface area (Å²) in [5.41, 5.74) is 3.26. The van der Waals surface area contributed by atoms with Crippen LogP contribution in [0.1, 0.15) is 30.4 Å². The van der Waals surface area contributed by atoms with Gasteiger partial charge in [-0.25, -0.2) is 13.6 Å². The Bertz CT molecular complexity index is 1360. The number of benzene rings is 3. The molecule has 2 atom stereocenters. The van der Waals surface area contributed by atoms with Crippen LogP contribution in [0.2, 0.25) is 0 Å². The Balaban J connectivity index is 1.30. The number of carbonyl (C=O) groups excluding carboxylic acids is 2. The highest BCUT2D eigenvalue weighted by Gasteiger charge is 2.37. The summed E-state index contributed by atoms with van der Waals surface area (Å²) in [6.07, 6.45) is 2.99. The van der Waals surface area contributed by atoms with Gasteiger partial charge >= 0.3 is 0 Å². The summed E-state index contributed by atoms with van der Waals surface area (Å²) in [5, 5.41) is 11.3. The van der Waals surface area contributed by atoms with Crippen molar-refractivity contribution in [2.24, 2.45) is 17.0 Å². The lowest BCUT2D eigenvalue weighted by atomic mass is 9.94. The minimum absolute atomic E-state index is 0.0624. The van der Waals surface area contributed by atoms with Crippen LogP contribution in [0.5, 0.6) is 0 Å². The lowest BCUT2D eigenvalue weighted by Crippen LogP contribution is -2.40. The van der Waals surface area contributed by atoms with E-state index in [0.29, 0.717) is 31.5 Å². The first kappa shape index (κ1) is 27.0. The fourth-order valence-corrected chi connectivity index (χ4v) is 5.80. The van der Waals surface area contributed by atoms with Crippen molar-refractivity contribution in [3.05, 3.63) is 88.4 Å². The van der Waals surface area contributed by atoms with E-state index >= 15 is 0 Å². The number of amides is 2. The van der Waals surface area contributed by atoms with Gasteiger partial charge in [0.1, 0.15) is 0 Å². The second-order valence-electron chi connectivity index (χ2n) is 9.27. The number of hydrogen-bond acceptors (Lipinski definition) is 4. The van der Waals surface area contributed by atoms with E-state index in [0.717, 1.165) is 34.0 Å². The molecule has 1 aliphatic carbocycles. The zero-order valence-electron chi connectivity index (χ0n) is 20.3. The van der Waals surface area contributed by atoms with Crippen molar-refractivity contribution in [3.63, 3.8) is 0 Å². The number of halogens is 1. The predicted octanol–water partition coefficient (Wildman–Crippen LogP) is 4.15. The van der Waals surface area contributed by atoms with Gasteiger partial charge in [-0.15, -0.1) is 0 Å². The number of sulfonamides is 1. The molecule has 0 saturated heterocycles. The van der Waals surface area contributed by atoms with Gasteiger partial charge < -0.3 is 10.6 Å². The topological polar surface area (TPSA) is 118 Å². The van der Waals surface area contributed by atoms with E-state index in [9.17, 15) is 18.0 Å². The molecular formula is C28H30BrN3O4S. The molecule has 37 heavy (non-hydrogen) atoms. The van der Waals surface area contributed by atoms with Crippen molar-refractivity contribution in [1.82, 2.24) is 10.6 Å². The van der Waals surface area contributed by atoms with Crippen molar-refractivity contribution in [3.8, 4) is 11.1 Å². The summed E-state index contributed by atoms with van der Waals surface area (Å²) in [6, 6.07) is 21.9. The average molecular weight is 585 g/mol. The Labute approximate surface area is 226 Å². The predicted molar refractivity (Wildman–Crippen MR) is 147 cm³/mol. The smallest absolute Gasteiger partial charge is 0.238 e. The van der Waals surface area contributed by atoms with Crippen LogP contribution in [0.3, 0.4) is 0 Å². The summed E-state index contributed by atoms with van der Waals surface area (Å²) >= 11 is 3.42. The number of nitrogens with two attached hydrogens (primary N) is 1. The van der Waals surface area contributed by atoms with E-state index in [1.807, 2.05) is 48.5 Å². The van der Waals surface area contributed by atoms with Crippen LogP contribution in [-0.4, -0.2) is 26.8 Å². The van der Waals surface area contributed by atoms with Gasteiger partial charge in [-0.3, -0.25) is 9.59 Å². The standard InChI is InChI=1S/C28H30BrN3O4S/c29-22-14-10-19(11-15-22)16-17-31-27(33)24-5-3-6-25(24)28(34)32-18-20-8-12-21(13-9-20)23-4-1-2-7-26(23)37(30,35)36/h1-2,4,7-15,24-25H,3,5-6,16-18H2,(H,31,33)(H,32,34)(H2,30,35,36). The van der Waals surface area contributed by atoms with Gasteiger partial charge in [0.2, 0.25) is 21.8 Å². The molecule has 0 aromatic heterocycles. The van der Waals surface area contributed by atoms with Crippen LogP contribution in [0.25, 0.3) is 11.1 Å². The highest BCUT2D eigenvalue weighted by Crippen LogP contribution is 2.32. The molecule has 0 bridgehead atoms. The lowest BCUT2D eigenvalue weighted by Gasteiger charge is -2.19. The normalized spacial score (nSPS) is 17.4. The minimum atomic E-state index is -3.85. The summed E-state index contributed by atoms with van der Waals surface area (Å²) in [6.45, 7) is 0.858. The molecule has 0 aliphatic heterocycles. The highest BCUT2D eigenvalue weighted by molar-refractivity contribution is 9.10. The number of rotatable bonds is 9. The summed E-state index contributed by atoms with van der Waals surface area (Å²) in [4.78, 5) is 25.8. The lowest BCUT2D eigenvalue weighted by molar-refractivity contribution is -0.133. The SMILES string of the molecule is NS(=O)(=O)c1ccccc1-c1ccc(CNC(=O)C2CCCC2C(=O)NCCc2ccc(Br)cc2)cc1. The largest absolute Gasteiger partial charge is 0.356 e. The Morgan fingerprint density at radius 3 is 2.08 bits per heavy atom. The number of nitrogens with one attached hydrogen (secondary N) is 2. The van der Waals surface area contributed by atoms with Crippen LogP contribution < -0.4 is 15.8 Å². The van der Waals surface area contributed by atoms with Crippen LogP contribution in [0, 0.1) is 11.8 Å². The maximum atomic E-state index is 12.9. The van der Waals surface area contributed by atoms with Gasteiger partial charge in [0.15, 0.2) is 0 Å². The van der Waals surface area contributed by atoms with Gasteiger partial charge in [0, 0.05) is 35.0 Å². The Kier molecular flexibility index (Phi) is 8.79. The number of carbonyl (C=O) groups is 2. The first-order chi connectivity index (χ1) is 17.7. The molecule has 0 spiro atoms. The molecular weight excluding hydrogens is 554 g/mol. The minimum Gasteiger partial charge on any atom is -0.356 e. The molecule has 1 fully saturated rings. The van der Waals surface area contributed by atoms with E-state index < -0.39 is 10.0 Å². The Morgan fingerprint density at radius 2 is 1.43 bits per heavy atom. The Hall–Kier alpha value is -3.01. The van der Waals surface area contributed by atoms with Crippen molar-refractivity contribution in [2.75, 3.05) is 6.54 Å². The molecule has 1 saturated carbocycles. The van der Waals surface area contributed by atoms with Crippen LogP contribution in [-0.2, 0) is 32.6 Å². The third kappa shape index (κ3) is 7.06. The highest BCUT2D eigenvalue weighted by atomic mass is 79.9. The first-order valence-corrected chi connectivity index (χ1v) is 14.6. The number of primary sulfonamides is 1. The fourth-order valence-electron chi connectivity index (χ4n) is 4.78. The van der Waals surface area contributed by atoms with Crippen LogP contribution in [0.15, 0.2) is 82.2 Å². The van der Waals surface area contributed by atoms with Crippen molar-refractivity contribution < 1.29 is 18.0 Å². The monoisotopic (exact) mass is 583 g/mol. The van der Waals surface area contributed by atoms with Crippen molar-refractivity contribution in [1.29, 1.82) is 0 Å². The maximum Gasteiger partial charge on any atom is 0.238 e. The quantitative estimate of drug-likeness (QED) is 0.350. The molecule has 1 aliphatic rings. The van der Waals surface area contributed by atoms with Gasteiger partial charge in [0.25, 0.3) is 0 Å². The molecule has 3 aromatic carbocycles. The molecule has 7 nitrogen and oxygen atoms in total. The molecule has 4 rings (SSSR count). The molecule has 3 aromatic rings. The molecule has 9 heteroatoms. The van der Waals surface area contributed by atoms with Crippen LogP contribution in [0.4, 0.5) is 0 Å². The van der Waals surface area contributed by atoms with Gasteiger partial charge in [-0.1, -0.05) is 76.9 Å². The second kappa shape index (κ2) is 12.0. The summed E-state index contributed by atoms with van der Waals surface area (Å²) in [5.74, 6) is -0.836. The average Bonchev–Trinajstić information content (AvgIpc) is 3.39. The summed E-state index contributed by atoms with van der Waals surface area (Å²) < 4.78 is 24.8. The molecule has 2 amide bonds. The van der Waals surface area contributed by atoms with Crippen LogP contribution >= 0.6 is 15.9 Å². The van der Waals surface area contributed by atoms with E-state index in [-0.39, 0.29) is 28.5 Å².